The van der Waals surface area contributed by atoms with Crippen molar-refractivity contribution in [2.75, 3.05) is 19.7 Å². The van der Waals surface area contributed by atoms with Gasteiger partial charge < -0.3 is 9.64 Å². The average Bonchev–Trinajstić information content (AvgIpc) is 3.39. The van der Waals surface area contributed by atoms with E-state index in [0.717, 1.165) is 26.5 Å². The zero-order valence-corrected chi connectivity index (χ0v) is 23.3. The van der Waals surface area contributed by atoms with Gasteiger partial charge in [-0.1, -0.05) is 20.8 Å². The first-order valence-electron chi connectivity index (χ1n) is 12.8. The van der Waals surface area contributed by atoms with Gasteiger partial charge in [0.25, 0.3) is 5.91 Å². The topological polar surface area (TPSA) is 77.3 Å². The van der Waals surface area contributed by atoms with Crippen LogP contribution in [-0.2, 0) is 18.9 Å². The van der Waals surface area contributed by atoms with Crippen molar-refractivity contribution < 1.29 is 14.3 Å². The second-order valence-electron chi connectivity index (χ2n) is 11.5. The van der Waals surface area contributed by atoms with Crippen LogP contribution < -0.4 is 4.74 Å². The second kappa shape index (κ2) is 8.72. The number of amides is 1. The van der Waals surface area contributed by atoms with Crippen molar-refractivity contribution in [1.82, 2.24) is 19.7 Å². The molecule has 2 aromatic heterocycles. The van der Waals surface area contributed by atoms with Gasteiger partial charge >= 0.3 is 0 Å². The van der Waals surface area contributed by atoms with E-state index in [2.05, 4.69) is 30.9 Å². The molecule has 0 unspecified atom stereocenters. The first-order chi connectivity index (χ1) is 17.3. The monoisotopic (exact) mass is 514 g/mol. The van der Waals surface area contributed by atoms with Crippen LogP contribution in [0.1, 0.15) is 77.0 Å². The Morgan fingerprint density at radius 2 is 1.89 bits per heavy atom. The number of aryl methyl sites for hydroxylation is 2. The highest BCUT2D eigenvalue weighted by Crippen LogP contribution is 2.57. The predicted octanol–water partition coefficient (Wildman–Crippen LogP) is 4.15. The number of hydrogen-bond donors (Lipinski definition) is 0. The molecule has 10 heteroatoms. The third kappa shape index (κ3) is 4.03. The zero-order valence-electron chi connectivity index (χ0n) is 22.5. The summed E-state index contributed by atoms with van der Waals surface area (Å²) in [4.78, 5) is 34.5. The normalized spacial score (nSPS) is 18.9. The lowest BCUT2D eigenvalue weighted by molar-refractivity contribution is 0.0481. The van der Waals surface area contributed by atoms with Gasteiger partial charge in [0, 0.05) is 41.4 Å². The van der Waals surface area contributed by atoms with E-state index in [1.807, 2.05) is 31.9 Å². The molecule has 0 saturated carbocycles. The van der Waals surface area contributed by atoms with E-state index in [9.17, 15) is 9.59 Å². The van der Waals surface area contributed by atoms with Crippen LogP contribution in [0.3, 0.4) is 0 Å². The summed E-state index contributed by atoms with van der Waals surface area (Å²) < 4.78 is 7.66. The summed E-state index contributed by atoms with van der Waals surface area (Å²) in [6.07, 6.45) is 1.70. The molecule has 2 aliphatic rings. The Balaban J connectivity index is 1.42. The van der Waals surface area contributed by atoms with Crippen molar-refractivity contribution in [2.24, 2.45) is 12.5 Å². The first-order valence-corrected chi connectivity index (χ1v) is 13.6. The number of carbonyl (C=O) groups excluding carboxylic acids is 2. The van der Waals surface area contributed by atoms with Gasteiger partial charge in [-0.25, -0.2) is 4.98 Å². The molecule has 1 aliphatic carbocycles. The molecule has 1 saturated heterocycles. The number of hydrogen-bond acceptors (Lipinski definition) is 6. The van der Waals surface area contributed by atoms with Crippen molar-refractivity contribution in [3.8, 4) is 5.75 Å². The minimum atomic E-state index is -1.52. The van der Waals surface area contributed by atoms with Gasteiger partial charge in [-0.2, -0.15) is 5.10 Å². The lowest BCUT2D eigenvalue weighted by Crippen LogP contribution is -2.54. The molecule has 1 aromatic carbocycles. The number of Topliss-reactive ketones (excluding diaryl/α,β-unsaturated/α-hetero) is 1. The maximum atomic E-state index is 13.6. The highest BCUT2D eigenvalue weighted by atomic mass is 32.1. The summed E-state index contributed by atoms with van der Waals surface area (Å²) in [5.74, 6) is 0.281. The molecule has 4 radical (unpaired) electrons. The van der Waals surface area contributed by atoms with Crippen LogP contribution in [0.25, 0.3) is 10.9 Å². The van der Waals surface area contributed by atoms with Crippen molar-refractivity contribution in [3.05, 3.63) is 39.0 Å². The number of nitrogens with zero attached hydrogens (tertiary/aromatic N) is 4. The number of thiazole rings is 1. The fourth-order valence-electron chi connectivity index (χ4n) is 5.71. The SMILES string of the molecule is [B]C1([B])C(=O)c2nc(C(C)(C)C)sc2CC12CCN(C(=O)c1cc(OCC)c3c(c1)c(C)nn3C)CC2. The third-order valence-electron chi connectivity index (χ3n) is 7.95. The summed E-state index contributed by atoms with van der Waals surface area (Å²) in [6.45, 7) is 11.5. The van der Waals surface area contributed by atoms with Gasteiger partial charge in [-0.15, -0.1) is 11.3 Å². The van der Waals surface area contributed by atoms with Crippen LogP contribution in [0, 0.1) is 12.3 Å². The van der Waals surface area contributed by atoms with E-state index in [0.29, 0.717) is 56.0 Å². The molecular weight excluding hydrogens is 482 g/mol. The molecule has 0 N–H and O–H groups in total. The van der Waals surface area contributed by atoms with Crippen LogP contribution in [0.4, 0.5) is 0 Å². The molecular formula is C27H32B2N4O3S. The van der Waals surface area contributed by atoms with E-state index < -0.39 is 10.6 Å². The quantitative estimate of drug-likeness (QED) is 0.491. The highest BCUT2D eigenvalue weighted by Gasteiger charge is 2.55. The van der Waals surface area contributed by atoms with Gasteiger partial charge in [0.2, 0.25) is 0 Å². The summed E-state index contributed by atoms with van der Waals surface area (Å²) in [7, 11) is 15.1. The van der Waals surface area contributed by atoms with Gasteiger partial charge in [-0.05, 0) is 55.9 Å². The van der Waals surface area contributed by atoms with E-state index in [-0.39, 0.29) is 17.1 Å². The molecule has 1 aliphatic heterocycles. The highest BCUT2D eigenvalue weighted by molar-refractivity contribution is 7.12. The number of piperidine rings is 1. The van der Waals surface area contributed by atoms with Crippen LogP contribution in [-0.4, -0.2) is 66.7 Å². The van der Waals surface area contributed by atoms with E-state index in [4.69, 9.17) is 20.4 Å². The van der Waals surface area contributed by atoms with Crippen molar-refractivity contribution in [2.45, 2.75) is 64.5 Å². The Bertz CT molecular complexity index is 1410. The molecule has 1 amide bonds. The number of ether oxygens (including phenoxy) is 1. The fourth-order valence-corrected chi connectivity index (χ4v) is 6.97. The predicted molar refractivity (Wildman–Crippen MR) is 147 cm³/mol. The Labute approximate surface area is 224 Å². The van der Waals surface area contributed by atoms with Crippen LogP contribution in [0.2, 0.25) is 5.21 Å². The number of likely N-dealkylation sites (tertiary alicyclic amines) is 1. The second-order valence-corrected chi connectivity index (χ2v) is 12.6. The Morgan fingerprint density at radius 1 is 1.22 bits per heavy atom. The maximum absolute atomic E-state index is 13.6. The lowest BCUT2D eigenvalue weighted by atomic mass is 9.36. The average molecular weight is 514 g/mol. The Morgan fingerprint density at radius 3 is 2.51 bits per heavy atom. The van der Waals surface area contributed by atoms with Crippen LogP contribution in [0.15, 0.2) is 12.1 Å². The maximum Gasteiger partial charge on any atom is 0.254 e. The summed E-state index contributed by atoms with van der Waals surface area (Å²) in [5, 5.41) is 4.80. The zero-order chi connectivity index (χ0) is 26.9. The number of benzene rings is 1. The van der Waals surface area contributed by atoms with Crippen LogP contribution in [0.5, 0.6) is 5.75 Å². The number of fused-ring (bicyclic) bond motifs is 2. The molecule has 5 rings (SSSR count). The molecule has 1 spiro atoms. The molecule has 37 heavy (non-hydrogen) atoms. The molecule has 0 bridgehead atoms. The fraction of sp³-hybridized carbons (Fsp3) is 0.556. The lowest BCUT2D eigenvalue weighted by Gasteiger charge is -2.53. The van der Waals surface area contributed by atoms with E-state index >= 15 is 0 Å². The number of ketones is 1. The molecule has 0 atom stereocenters. The van der Waals surface area contributed by atoms with E-state index in [1.54, 1.807) is 22.1 Å². The third-order valence-corrected chi connectivity index (χ3v) is 9.43. The first kappa shape index (κ1) is 26.0. The molecule has 190 valence electrons. The van der Waals surface area contributed by atoms with Crippen molar-refractivity contribution >= 4 is 49.6 Å². The number of carbonyl (C=O) groups is 2. The molecule has 3 heterocycles. The summed E-state index contributed by atoms with van der Waals surface area (Å²) in [6, 6.07) is 3.70. The smallest absolute Gasteiger partial charge is 0.254 e. The minimum absolute atomic E-state index is 0.0729. The molecule has 7 nitrogen and oxygen atoms in total. The van der Waals surface area contributed by atoms with Gasteiger partial charge in [0.05, 0.1) is 33.0 Å². The summed E-state index contributed by atoms with van der Waals surface area (Å²) in [5.41, 5.74) is 1.93. The van der Waals surface area contributed by atoms with Crippen LogP contribution >= 0.6 is 11.3 Å². The largest absolute Gasteiger partial charge is 0.492 e. The number of aromatic nitrogens is 3. The van der Waals surface area contributed by atoms with E-state index in [1.165, 1.54) is 0 Å². The summed E-state index contributed by atoms with van der Waals surface area (Å²) >= 11 is 1.58. The number of rotatable bonds is 3. The van der Waals surface area contributed by atoms with Gasteiger partial charge in [0.1, 0.15) is 17.0 Å². The van der Waals surface area contributed by atoms with Crippen molar-refractivity contribution in [3.63, 3.8) is 0 Å². The standard InChI is InChI=1S/C27H32B2N4O3S/c1-7-36-18-13-16(12-17-15(2)31-32(6)21(17)18)23(35)33-10-8-26(9-11-33)14-19-20(22(34)27(26,28)29)30-24(37-19)25(3,4)5/h12-13H,7-11,14H2,1-6H3. The van der Waals surface area contributed by atoms with Gasteiger partial charge in [-0.3, -0.25) is 14.3 Å². The van der Waals surface area contributed by atoms with Crippen molar-refractivity contribution in [1.29, 1.82) is 0 Å². The Hall–Kier alpha value is -2.61. The molecule has 1 fully saturated rings. The van der Waals surface area contributed by atoms with Gasteiger partial charge in [0.15, 0.2) is 5.78 Å². The molecule has 3 aromatic rings. The Kier molecular flexibility index (Phi) is 6.13. The minimum Gasteiger partial charge on any atom is -0.492 e.